The summed E-state index contributed by atoms with van der Waals surface area (Å²) < 4.78 is 37.1. The van der Waals surface area contributed by atoms with Crippen LogP contribution >= 0.6 is 12.4 Å². The summed E-state index contributed by atoms with van der Waals surface area (Å²) in [7, 11) is 0. The van der Waals surface area contributed by atoms with Gasteiger partial charge in [0.2, 0.25) is 0 Å². The van der Waals surface area contributed by atoms with E-state index < -0.39 is 11.7 Å². The number of halogens is 4. The molecular weight excluding hydrogens is 293 g/mol. The van der Waals surface area contributed by atoms with Crippen molar-refractivity contribution >= 4 is 18.2 Å². The Labute approximate surface area is 121 Å². The second kappa shape index (κ2) is 7.04. The molecule has 20 heavy (non-hydrogen) atoms. The van der Waals surface area contributed by atoms with Gasteiger partial charge in [-0.25, -0.2) is 0 Å². The van der Waals surface area contributed by atoms with Gasteiger partial charge in [-0.05, 0) is 31.5 Å². The first kappa shape index (κ1) is 16.9. The highest BCUT2D eigenvalue weighted by Crippen LogP contribution is 2.28. The molecule has 112 valence electrons. The van der Waals surface area contributed by atoms with Gasteiger partial charge in [0.1, 0.15) is 0 Å². The molecule has 3 nitrogen and oxygen atoms in total. The van der Waals surface area contributed by atoms with Crippen molar-refractivity contribution in [3.63, 3.8) is 0 Å². The number of rotatable bonds is 3. The van der Waals surface area contributed by atoms with Crippen LogP contribution < -0.4 is 5.32 Å². The molecule has 0 aliphatic carbocycles. The van der Waals surface area contributed by atoms with Crippen molar-refractivity contribution < 1.29 is 18.0 Å². The maximum atomic E-state index is 12.4. The van der Waals surface area contributed by atoms with Gasteiger partial charge < -0.3 is 5.32 Å². The number of hydrogen-bond donors (Lipinski definition) is 1. The van der Waals surface area contributed by atoms with Crippen molar-refractivity contribution in [3.8, 4) is 0 Å². The van der Waals surface area contributed by atoms with Crippen LogP contribution in [0.5, 0.6) is 0 Å². The summed E-state index contributed by atoms with van der Waals surface area (Å²) in [5, 5.41) is 3.12. The first-order valence-corrected chi connectivity index (χ1v) is 6.25. The number of nitrogens with one attached hydrogen (secondary N) is 1. The molecule has 1 atom stereocenters. The van der Waals surface area contributed by atoms with Crippen LogP contribution in [0.3, 0.4) is 0 Å². The van der Waals surface area contributed by atoms with E-state index >= 15 is 0 Å². The molecular formula is C13H16ClF3N2O. The third-order valence-electron chi connectivity index (χ3n) is 3.21. The molecule has 7 heteroatoms. The van der Waals surface area contributed by atoms with Crippen LogP contribution in [-0.4, -0.2) is 23.4 Å². The van der Waals surface area contributed by atoms with Crippen molar-refractivity contribution in [2.75, 3.05) is 6.54 Å². The fraction of sp³-hybridized carbons (Fsp3) is 0.538. The summed E-state index contributed by atoms with van der Waals surface area (Å²) in [4.78, 5) is 15.6. The van der Waals surface area contributed by atoms with Crippen molar-refractivity contribution in [2.45, 2.75) is 37.9 Å². The number of Topliss-reactive ketones (excluding diaryl/α,β-unsaturated/α-hetero) is 1. The van der Waals surface area contributed by atoms with E-state index in [9.17, 15) is 18.0 Å². The summed E-state index contributed by atoms with van der Waals surface area (Å²) in [5.74, 6) is -0.00745. The zero-order valence-electron chi connectivity index (χ0n) is 10.7. The number of piperidine rings is 1. The number of aromatic nitrogens is 1. The normalized spacial score (nSPS) is 19.2. The molecule has 0 unspecified atom stereocenters. The fourth-order valence-corrected chi connectivity index (χ4v) is 2.13. The van der Waals surface area contributed by atoms with Gasteiger partial charge in [0.25, 0.3) is 0 Å². The van der Waals surface area contributed by atoms with Crippen LogP contribution in [0.2, 0.25) is 0 Å². The van der Waals surface area contributed by atoms with Crippen LogP contribution in [0.4, 0.5) is 13.2 Å². The largest absolute Gasteiger partial charge is 0.417 e. The van der Waals surface area contributed by atoms with Gasteiger partial charge >= 0.3 is 6.18 Å². The van der Waals surface area contributed by atoms with E-state index in [0.717, 1.165) is 38.1 Å². The molecule has 0 saturated carbocycles. The monoisotopic (exact) mass is 308 g/mol. The Morgan fingerprint density at radius 3 is 2.60 bits per heavy atom. The van der Waals surface area contributed by atoms with Crippen LogP contribution in [0.1, 0.15) is 30.5 Å². The van der Waals surface area contributed by atoms with Gasteiger partial charge in [0, 0.05) is 11.9 Å². The van der Waals surface area contributed by atoms with E-state index in [4.69, 9.17) is 0 Å². The van der Waals surface area contributed by atoms with Crippen molar-refractivity contribution in [3.05, 3.63) is 29.6 Å². The van der Waals surface area contributed by atoms with Crippen LogP contribution in [0.25, 0.3) is 0 Å². The van der Waals surface area contributed by atoms with E-state index in [1.54, 1.807) is 0 Å². The van der Waals surface area contributed by atoms with Crippen LogP contribution in [0.15, 0.2) is 18.3 Å². The minimum atomic E-state index is -4.39. The SMILES string of the molecule is Cl.O=C(Cc1ccc(C(F)(F)F)cn1)[C@@H]1CCCCN1. The predicted molar refractivity (Wildman–Crippen MR) is 70.8 cm³/mol. The molecule has 1 aromatic heterocycles. The highest BCUT2D eigenvalue weighted by molar-refractivity contribution is 5.86. The molecule has 1 aliphatic heterocycles. The highest BCUT2D eigenvalue weighted by Gasteiger charge is 2.30. The average molecular weight is 309 g/mol. The lowest BCUT2D eigenvalue weighted by Gasteiger charge is -2.22. The van der Waals surface area contributed by atoms with Crippen LogP contribution in [-0.2, 0) is 17.4 Å². The molecule has 0 aromatic carbocycles. The summed E-state index contributed by atoms with van der Waals surface area (Å²) in [6.45, 7) is 0.816. The molecule has 1 saturated heterocycles. The van der Waals surface area contributed by atoms with Crippen molar-refractivity contribution in [1.29, 1.82) is 0 Å². The molecule has 1 fully saturated rings. The topological polar surface area (TPSA) is 42.0 Å². The smallest absolute Gasteiger partial charge is 0.307 e. The molecule has 0 bridgehead atoms. The van der Waals surface area contributed by atoms with E-state index in [-0.39, 0.29) is 30.7 Å². The molecule has 2 rings (SSSR count). The number of carbonyl (C=O) groups excluding carboxylic acids is 1. The fourth-order valence-electron chi connectivity index (χ4n) is 2.13. The number of nitrogens with zero attached hydrogens (tertiary/aromatic N) is 1. The van der Waals surface area contributed by atoms with Gasteiger partial charge in [-0.15, -0.1) is 12.4 Å². The lowest BCUT2D eigenvalue weighted by molar-refractivity contribution is -0.137. The standard InChI is InChI=1S/C13H15F3N2O.ClH/c14-13(15,16)9-4-5-10(18-8-9)7-12(19)11-3-1-2-6-17-11;/h4-5,8,11,17H,1-3,6-7H2;1H/t11-;/m0./s1. The van der Waals surface area contributed by atoms with Gasteiger partial charge in [0.15, 0.2) is 5.78 Å². The molecule has 1 aromatic rings. The van der Waals surface area contributed by atoms with Crippen molar-refractivity contribution in [1.82, 2.24) is 10.3 Å². The minimum Gasteiger partial charge on any atom is -0.307 e. The van der Waals surface area contributed by atoms with Gasteiger partial charge in [-0.3, -0.25) is 9.78 Å². The Morgan fingerprint density at radius 1 is 1.35 bits per heavy atom. The second-order valence-corrected chi connectivity index (χ2v) is 4.68. The predicted octanol–water partition coefficient (Wildman–Crippen LogP) is 2.78. The second-order valence-electron chi connectivity index (χ2n) is 4.68. The lowest BCUT2D eigenvalue weighted by atomic mass is 9.98. The summed E-state index contributed by atoms with van der Waals surface area (Å²) in [6.07, 6.45) is -0.682. The molecule has 1 N–H and O–H groups in total. The number of pyridine rings is 1. The molecule has 0 spiro atoms. The Bertz CT molecular complexity index is 442. The summed E-state index contributed by atoms with van der Waals surface area (Å²) in [5.41, 5.74) is -0.412. The third-order valence-corrected chi connectivity index (χ3v) is 3.21. The number of alkyl halides is 3. The number of hydrogen-bond acceptors (Lipinski definition) is 3. The van der Waals surface area contributed by atoms with E-state index in [0.29, 0.717) is 5.69 Å². The van der Waals surface area contributed by atoms with Gasteiger partial charge in [0.05, 0.1) is 18.0 Å². The lowest BCUT2D eigenvalue weighted by Crippen LogP contribution is -2.41. The number of ketones is 1. The maximum Gasteiger partial charge on any atom is 0.417 e. The Kier molecular flexibility index (Phi) is 5.95. The zero-order chi connectivity index (χ0) is 13.9. The maximum absolute atomic E-state index is 12.4. The minimum absolute atomic E-state index is 0. The quantitative estimate of drug-likeness (QED) is 0.933. The zero-order valence-corrected chi connectivity index (χ0v) is 11.6. The number of carbonyl (C=O) groups is 1. The molecule has 2 heterocycles. The first-order chi connectivity index (χ1) is 8.97. The summed E-state index contributed by atoms with van der Waals surface area (Å²) in [6, 6.07) is 2.05. The van der Waals surface area contributed by atoms with Crippen LogP contribution in [0, 0.1) is 0 Å². The average Bonchev–Trinajstić information content (AvgIpc) is 2.39. The Balaban J connectivity index is 0.00000200. The molecule has 0 amide bonds. The first-order valence-electron chi connectivity index (χ1n) is 6.25. The van der Waals surface area contributed by atoms with Crippen molar-refractivity contribution in [2.24, 2.45) is 0 Å². The van der Waals surface area contributed by atoms with E-state index in [1.165, 1.54) is 6.07 Å². The molecule has 0 radical (unpaired) electrons. The van der Waals surface area contributed by atoms with Gasteiger partial charge in [-0.1, -0.05) is 6.42 Å². The Morgan fingerprint density at radius 2 is 2.10 bits per heavy atom. The highest BCUT2D eigenvalue weighted by atomic mass is 35.5. The van der Waals surface area contributed by atoms with E-state index in [2.05, 4.69) is 10.3 Å². The van der Waals surface area contributed by atoms with Gasteiger partial charge in [-0.2, -0.15) is 13.2 Å². The third kappa shape index (κ3) is 4.45. The summed E-state index contributed by atoms with van der Waals surface area (Å²) >= 11 is 0. The van der Waals surface area contributed by atoms with E-state index in [1.807, 2.05) is 0 Å². The molecule has 1 aliphatic rings. The Hall–Kier alpha value is -1.14.